The van der Waals surface area contributed by atoms with Gasteiger partial charge in [0.2, 0.25) is 0 Å². The number of nitrogens with zero attached hydrogens (tertiary/aromatic N) is 1. The molecular formula is C20H21ClN2OS. The lowest BCUT2D eigenvalue weighted by Crippen LogP contribution is -2.57. The van der Waals surface area contributed by atoms with Crippen molar-refractivity contribution < 1.29 is 4.79 Å². The third kappa shape index (κ3) is 4.02. The van der Waals surface area contributed by atoms with Gasteiger partial charge in [0.25, 0.3) is 5.91 Å². The van der Waals surface area contributed by atoms with E-state index in [4.69, 9.17) is 11.6 Å². The van der Waals surface area contributed by atoms with Crippen LogP contribution < -0.4 is 5.32 Å². The highest BCUT2D eigenvalue weighted by molar-refractivity contribution is 7.99. The Morgan fingerprint density at radius 1 is 1.08 bits per heavy atom. The number of halogens is 1. The minimum Gasteiger partial charge on any atom is -0.348 e. The molecule has 5 heteroatoms. The fourth-order valence-corrected chi connectivity index (χ4v) is 4.85. The number of carbonyl (C=O) groups excluding carboxylic acids is 1. The zero-order valence-corrected chi connectivity index (χ0v) is 15.5. The molecule has 0 saturated carbocycles. The molecule has 3 nitrogen and oxygen atoms in total. The summed E-state index contributed by atoms with van der Waals surface area (Å²) in [7, 11) is 0. The van der Waals surface area contributed by atoms with E-state index in [1.165, 1.54) is 25.9 Å². The highest BCUT2D eigenvalue weighted by atomic mass is 35.5. The number of piperidine rings is 3. The lowest BCUT2D eigenvalue weighted by atomic mass is 9.84. The first-order valence-electron chi connectivity index (χ1n) is 8.74. The minimum atomic E-state index is 0.0399. The van der Waals surface area contributed by atoms with E-state index in [1.54, 1.807) is 11.8 Å². The fourth-order valence-electron chi connectivity index (χ4n) is 3.72. The Kier molecular flexibility index (Phi) is 5.02. The van der Waals surface area contributed by atoms with Crippen LogP contribution in [0.5, 0.6) is 0 Å². The zero-order chi connectivity index (χ0) is 17.2. The summed E-state index contributed by atoms with van der Waals surface area (Å²) < 4.78 is 0. The summed E-state index contributed by atoms with van der Waals surface area (Å²) in [6.45, 7) is 3.37. The summed E-state index contributed by atoms with van der Waals surface area (Å²) in [5, 5.41) is 3.97. The van der Waals surface area contributed by atoms with E-state index in [0.29, 0.717) is 12.0 Å². The Morgan fingerprint density at radius 2 is 1.84 bits per heavy atom. The smallest absolute Gasteiger partial charge is 0.251 e. The minimum absolute atomic E-state index is 0.0399. The van der Waals surface area contributed by atoms with Crippen LogP contribution in [0, 0.1) is 5.92 Å². The maximum atomic E-state index is 12.5. The summed E-state index contributed by atoms with van der Waals surface area (Å²) in [6.07, 6.45) is 2.42. The number of benzene rings is 2. The quantitative estimate of drug-likeness (QED) is 0.867. The molecule has 1 N–H and O–H groups in total. The number of amides is 1. The molecule has 0 aromatic heterocycles. The Hall–Kier alpha value is -1.49. The predicted octanol–water partition coefficient (Wildman–Crippen LogP) is 4.32. The summed E-state index contributed by atoms with van der Waals surface area (Å²) in [5.74, 6) is 0.685. The van der Waals surface area contributed by atoms with Crippen molar-refractivity contribution in [1.29, 1.82) is 0 Å². The van der Waals surface area contributed by atoms with Gasteiger partial charge in [-0.15, -0.1) is 0 Å². The number of nitrogens with one attached hydrogen (secondary N) is 1. The maximum absolute atomic E-state index is 12.5. The topological polar surface area (TPSA) is 32.3 Å². The van der Waals surface area contributed by atoms with E-state index in [-0.39, 0.29) is 5.91 Å². The number of rotatable bonds is 4. The van der Waals surface area contributed by atoms with Crippen LogP contribution in [-0.4, -0.2) is 36.5 Å². The SMILES string of the molecule is O=C(NC1CN2CCC1CC2)c1ccc(Sc2cccc(Cl)c2)cc1. The lowest BCUT2D eigenvalue weighted by Gasteiger charge is -2.44. The standard InChI is InChI=1S/C20H21ClN2OS/c21-16-2-1-3-18(12-16)25-17-6-4-15(5-7-17)20(24)22-19-13-23-10-8-14(19)9-11-23/h1-7,12,14,19H,8-11,13H2,(H,22,24). The van der Waals surface area contributed by atoms with Crippen LogP contribution in [0.25, 0.3) is 0 Å². The highest BCUT2D eigenvalue weighted by Crippen LogP contribution is 2.30. The van der Waals surface area contributed by atoms with E-state index in [1.807, 2.05) is 48.5 Å². The second kappa shape index (κ2) is 7.40. The molecule has 5 rings (SSSR count). The molecule has 1 atom stereocenters. The number of carbonyl (C=O) groups is 1. The first-order chi connectivity index (χ1) is 12.2. The largest absolute Gasteiger partial charge is 0.348 e. The van der Waals surface area contributed by atoms with E-state index in [2.05, 4.69) is 10.2 Å². The molecule has 1 amide bonds. The summed E-state index contributed by atoms with van der Waals surface area (Å²) >= 11 is 7.67. The van der Waals surface area contributed by atoms with Crippen LogP contribution in [0.15, 0.2) is 58.3 Å². The summed E-state index contributed by atoms with van der Waals surface area (Å²) in [4.78, 5) is 17.2. The van der Waals surface area contributed by atoms with Crippen molar-refractivity contribution in [3.63, 3.8) is 0 Å². The third-order valence-electron chi connectivity index (χ3n) is 5.12. The molecule has 2 aromatic carbocycles. The molecular weight excluding hydrogens is 352 g/mol. The molecule has 1 unspecified atom stereocenters. The summed E-state index contributed by atoms with van der Waals surface area (Å²) in [5.41, 5.74) is 0.729. The van der Waals surface area contributed by atoms with Crippen LogP contribution in [0.3, 0.4) is 0 Å². The van der Waals surface area contributed by atoms with E-state index < -0.39 is 0 Å². The lowest BCUT2D eigenvalue weighted by molar-refractivity contribution is 0.0620. The second-order valence-electron chi connectivity index (χ2n) is 6.80. The van der Waals surface area contributed by atoms with E-state index in [0.717, 1.165) is 26.9 Å². The number of hydrogen-bond donors (Lipinski definition) is 1. The van der Waals surface area contributed by atoms with Crippen molar-refractivity contribution in [2.45, 2.75) is 28.7 Å². The monoisotopic (exact) mass is 372 g/mol. The average Bonchev–Trinajstić information content (AvgIpc) is 2.63. The third-order valence-corrected chi connectivity index (χ3v) is 6.35. The van der Waals surface area contributed by atoms with E-state index >= 15 is 0 Å². The molecule has 3 aliphatic heterocycles. The molecule has 3 fully saturated rings. The van der Waals surface area contributed by atoms with Gasteiger partial charge >= 0.3 is 0 Å². The van der Waals surface area contributed by atoms with Gasteiger partial charge in [0.1, 0.15) is 0 Å². The molecule has 3 aliphatic rings. The fraction of sp³-hybridized carbons (Fsp3) is 0.350. The molecule has 2 aromatic rings. The molecule has 25 heavy (non-hydrogen) atoms. The van der Waals surface area contributed by atoms with Crippen molar-refractivity contribution in [3.8, 4) is 0 Å². The van der Waals surface area contributed by atoms with Crippen molar-refractivity contribution in [2.24, 2.45) is 5.92 Å². The Morgan fingerprint density at radius 3 is 2.48 bits per heavy atom. The molecule has 2 bridgehead atoms. The van der Waals surface area contributed by atoms with Crippen molar-refractivity contribution in [3.05, 3.63) is 59.1 Å². The highest BCUT2D eigenvalue weighted by Gasteiger charge is 2.34. The molecule has 0 aliphatic carbocycles. The predicted molar refractivity (Wildman–Crippen MR) is 102 cm³/mol. The average molecular weight is 373 g/mol. The van der Waals surface area contributed by atoms with Gasteiger partial charge < -0.3 is 10.2 Å². The van der Waals surface area contributed by atoms with Gasteiger partial charge in [-0.3, -0.25) is 4.79 Å². The van der Waals surface area contributed by atoms with Gasteiger partial charge in [-0.1, -0.05) is 29.4 Å². The number of hydrogen-bond acceptors (Lipinski definition) is 3. The van der Waals surface area contributed by atoms with Crippen LogP contribution in [-0.2, 0) is 0 Å². The van der Waals surface area contributed by atoms with Gasteiger partial charge in [-0.25, -0.2) is 0 Å². The van der Waals surface area contributed by atoms with Crippen molar-refractivity contribution in [1.82, 2.24) is 10.2 Å². The maximum Gasteiger partial charge on any atom is 0.251 e. The Labute approximate surface area is 157 Å². The van der Waals surface area contributed by atoms with Crippen molar-refractivity contribution in [2.75, 3.05) is 19.6 Å². The summed E-state index contributed by atoms with van der Waals surface area (Å²) in [6, 6.07) is 15.9. The molecule has 130 valence electrons. The van der Waals surface area contributed by atoms with Crippen molar-refractivity contribution >= 4 is 29.3 Å². The van der Waals surface area contributed by atoms with Crippen LogP contribution in [0.1, 0.15) is 23.2 Å². The molecule has 0 spiro atoms. The van der Waals surface area contributed by atoms with Gasteiger partial charge in [-0.2, -0.15) is 0 Å². The second-order valence-corrected chi connectivity index (χ2v) is 8.39. The van der Waals surface area contributed by atoms with Gasteiger partial charge in [0.15, 0.2) is 0 Å². The number of fused-ring (bicyclic) bond motifs is 3. The van der Waals surface area contributed by atoms with Gasteiger partial charge in [-0.05, 0) is 74.3 Å². The Balaban J connectivity index is 1.39. The Bertz CT molecular complexity index is 757. The van der Waals surface area contributed by atoms with Crippen LogP contribution in [0.4, 0.5) is 0 Å². The zero-order valence-electron chi connectivity index (χ0n) is 14.0. The first-order valence-corrected chi connectivity index (χ1v) is 9.93. The molecule has 3 saturated heterocycles. The van der Waals surface area contributed by atoms with Crippen LogP contribution >= 0.6 is 23.4 Å². The van der Waals surface area contributed by atoms with Crippen LogP contribution in [0.2, 0.25) is 5.02 Å². The van der Waals surface area contributed by atoms with Gasteiger partial charge in [0, 0.05) is 33.0 Å². The molecule has 3 heterocycles. The van der Waals surface area contributed by atoms with Gasteiger partial charge in [0.05, 0.1) is 0 Å². The normalized spacial score (nSPS) is 24.9. The van der Waals surface area contributed by atoms with E-state index in [9.17, 15) is 4.79 Å². The molecule has 0 radical (unpaired) electrons. The first kappa shape index (κ1) is 17.0.